The summed E-state index contributed by atoms with van der Waals surface area (Å²) in [5.41, 5.74) is 2.60. The molecular weight excluding hydrogens is 470 g/mol. The minimum atomic E-state index is -1.40. The van der Waals surface area contributed by atoms with Crippen LogP contribution < -0.4 is 10.9 Å². The fourth-order valence-corrected chi connectivity index (χ4v) is 3.75. The van der Waals surface area contributed by atoms with Crippen LogP contribution in [0.1, 0.15) is 36.3 Å². The largest absolute Gasteiger partial charge is 0.464 e. The van der Waals surface area contributed by atoms with Crippen LogP contribution >= 0.6 is 11.6 Å². The molecule has 3 rings (SSSR count). The van der Waals surface area contributed by atoms with Gasteiger partial charge in [0.2, 0.25) is 0 Å². The predicted octanol–water partition coefficient (Wildman–Crippen LogP) is 3.33. The highest BCUT2D eigenvalue weighted by atomic mass is 35.5. The highest BCUT2D eigenvalue weighted by Gasteiger charge is 2.25. The number of aliphatic hydroxyl groups excluding tert-OH is 1. The van der Waals surface area contributed by atoms with Gasteiger partial charge >= 0.3 is 5.97 Å². The standard InChI is InChI=1S/C26H30ClN3O5/c1-16(2)15-35-26(34)23(31)13-21(28-25(33)22-14-24(32)30(3)29-22)11-17-7-9-18(10-8-17)19-5-4-6-20(27)12-19/h4-10,12,14,16,21,23,29,31H,11,13,15H2,1-3H3,(H,28,33)/t21-,23-/m1/s1. The van der Waals surface area contributed by atoms with Crippen LogP contribution in [0.2, 0.25) is 5.02 Å². The van der Waals surface area contributed by atoms with Gasteiger partial charge in [-0.05, 0) is 41.2 Å². The maximum absolute atomic E-state index is 12.7. The van der Waals surface area contributed by atoms with E-state index in [1.165, 1.54) is 17.8 Å². The molecule has 8 nitrogen and oxygen atoms in total. The van der Waals surface area contributed by atoms with Crippen LogP contribution in [0.15, 0.2) is 59.4 Å². The zero-order valence-corrected chi connectivity index (χ0v) is 20.7. The summed E-state index contributed by atoms with van der Waals surface area (Å²) in [4.78, 5) is 36.7. The Kier molecular flexibility index (Phi) is 8.89. The molecule has 35 heavy (non-hydrogen) atoms. The number of rotatable bonds is 10. The zero-order chi connectivity index (χ0) is 25.5. The first-order valence-electron chi connectivity index (χ1n) is 11.4. The summed E-state index contributed by atoms with van der Waals surface area (Å²) in [5.74, 6) is -1.11. The van der Waals surface area contributed by atoms with Crippen LogP contribution in [0, 0.1) is 5.92 Å². The average Bonchev–Trinajstić information content (AvgIpc) is 3.16. The first kappa shape index (κ1) is 26.2. The molecule has 3 N–H and O–H groups in total. The summed E-state index contributed by atoms with van der Waals surface area (Å²) in [7, 11) is 1.51. The molecule has 9 heteroatoms. The third kappa shape index (κ3) is 7.56. The third-order valence-corrected chi connectivity index (χ3v) is 5.63. The van der Waals surface area contributed by atoms with Gasteiger partial charge in [0.05, 0.1) is 6.61 Å². The molecule has 1 amide bonds. The van der Waals surface area contributed by atoms with E-state index in [1.807, 2.05) is 62.4 Å². The number of nitrogens with one attached hydrogen (secondary N) is 2. The van der Waals surface area contributed by atoms with Crippen molar-refractivity contribution in [2.24, 2.45) is 13.0 Å². The lowest BCUT2D eigenvalue weighted by Crippen LogP contribution is -2.41. The molecule has 0 bridgehead atoms. The van der Waals surface area contributed by atoms with Gasteiger partial charge in [-0.2, -0.15) is 0 Å². The van der Waals surface area contributed by atoms with Crippen molar-refractivity contribution in [3.63, 3.8) is 0 Å². The number of carbonyl (C=O) groups excluding carboxylic acids is 2. The number of benzene rings is 2. The summed E-state index contributed by atoms with van der Waals surface area (Å²) in [6.45, 7) is 4.00. The summed E-state index contributed by atoms with van der Waals surface area (Å²) in [6, 6.07) is 15.9. The molecule has 0 radical (unpaired) electrons. The number of ether oxygens (including phenoxy) is 1. The van der Waals surface area contributed by atoms with E-state index < -0.39 is 24.0 Å². The van der Waals surface area contributed by atoms with E-state index in [0.29, 0.717) is 11.4 Å². The quantitative estimate of drug-likeness (QED) is 0.370. The molecule has 0 aliphatic rings. The average molecular weight is 500 g/mol. The lowest BCUT2D eigenvalue weighted by molar-refractivity contribution is -0.155. The minimum absolute atomic E-state index is 0.0459. The van der Waals surface area contributed by atoms with Crippen molar-refractivity contribution >= 4 is 23.5 Å². The highest BCUT2D eigenvalue weighted by Crippen LogP contribution is 2.23. The van der Waals surface area contributed by atoms with E-state index in [9.17, 15) is 19.5 Å². The number of amides is 1. The molecule has 0 aliphatic heterocycles. The number of aryl methyl sites for hydroxylation is 1. The van der Waals surface area contributed by atoms with Gasteiger partial charge < -0.3 is 15.2 Å². The van der Waals surface area contributed by atoms with Gasteiger partial charge in [0.25, 0.3) is 11.5 Å². The normalized spacial score (nSPS) is 12.9. The van der Waals surface area contributed by atoms with Crippen molar-refractivity contribution < 1.29 is 19.4 Å². The number of H-pyrrole nitrogens is 1. The summed E-state index contributed by atoms with van der Waals surface area (Å²) in [5, 5.41) is 16.6. The van der Waals surface area contributed by atoms with Crippen molar-refractivity contribution in [2.45, 2.75) is 38.8 Å². The Labute approximate surface area is 208 Å². The molecule has 2 aromatic carbocycles. The van der Waals surface area contributed by atoms with Gasteiger partial charge in [-0.3, -0.25) is 19.4 Å². The fourth-order valence-electron chi connectivity index (χ4n) is 3.56. The maximum Gasteiger partial charge on any atom is 0.335 e. The fraction of sp³-hybridized carbons (Fsp3) is 0.346. The van der Waals surface area contributed by atoms with Crippen molar-refractivity contribution in [1.29, 1.82) is 0 Å². The number of halogens is 1. The molecule has 186 valence electrons. The van der Waals surface area contributed by atoms with Gasteiger partial charge in [0.1, 0.15) is 5.69 Å². The molecule has 1 aromatic heterocycles. The molecule has 2 atom stereocenters. The van der Waals surface area contributed by atoms with Crippen LogP contribution in [0.25, 0.3) is 11.1 Å². The van der Waals surface area contributed by atoms with Crippen molar-refractivity contribution in [1.82, 2.24) is 15.1 Å². The zero-order valence-electron chi connectivity index (χ0n) is 20.0. The van der Waals surface area contributed by atoms with Gasteiger partial charge in [-0.1, -0.05) is 61.8 Å². The van der Waals surface area contributed by atoms with Crippen LogP contribution in [-0.4, -0.2) is 45.5 Å². The second-order valence-corrected chi connectivity index (χ2v) is 9.36. The molecule has 0 fully saturated rings. The van der Waals surface area contributed by atoms with Crippen molar-refractivity contribution in [2.75, 3.05) is 6.61 Å². The first-order valence-corrected chi connectivity index (χ1v) is 11.8. The van der Waals surface area contributed by atoms with Crippen LogP contribution in [0.4, 0.5) is 0 Å². The van der Waals surface area contributed by atoms with E-state index in [4.69, 9.17) is 16.3 Å². The molecule has 0 aliphatic carbocycles. The number of aliphatic hydroxyl groups is 1. The van der Waals surface area contributed by atoms with E-state index in [1.54, 1.807) is 0 Å². The topological polar surface area (TPSA) is 113 Å². The Morgan fingerprint density at radius 1 is 1.11 bits per heavy atom. The van der Waals surface area contributed by atoms with Crippen LogP contribution in [0.5, 0.6) is 0 Å². The highest BCUT2D eigenvalue weighted by molar-refractivity contribution is 6.30. The maximum atomic E-state index is 12.7. The predicted molar refractivity (Wildman–Crippen MR) is 134 cm³/mol. The number of hydrogen-bond acceptors (Lipinski definition) is 5. The van der Waals surface area contributed by atoms with Gasteiger partial charge in [-0.25, -0.2) is 4.79 Å². The molecule has 0 saturated carbocycles. The molecule has 1 heterocycles. The first-order chi connectivity index (χ1) is 16.6. The van der Waals surface area contributed by atoms with Crippen LogP contribution in [0.3, 0.4) is 0 Å². The summed E-state index contributed by atoms with van der Waals surface area (Å²) in [6.07, 6.45) is -1.09. The number of nitrogens with zero attached hydrogens (tertiary/aromatic N) is 1. The number of aromatic nitrogens is 2. The van der Waals surface area contributed by atoms with Gasteiger partial charge in [0.15, 0.2) is 6.10 Å². The molecule has 0 saturated heterocycles. The van der Waals surface area contributed by atoms with E-state index in [2.05, 4.69) is 10.4 Å². The Morgan fingerprint density at radius 3 is 2.43 bits per heavy atom. The Bertz CT molecular complexity index is 1220. The second-order valence-electron chi connectivity index (χ2n) is 8.92. The Morgan fingerprint density at radius 2 is 1.83 bits per heavy atom. The number of carbonyl (C=O) groups is 2. The number of esters is 1. The Hall–Kier alpha value is -3.36. The van der Waals surface area contributed by atoms with Gasteiger partial charge in [-0.15, -0.1) is 0 Å². The third-order valence-electron chi connectivity index (χ3n) is 5.40. The number of aromatic amines is 1. The molecule has 0 spiro atoms. The lowest BCUT2D eigenvalue weighted by atomic mass is 9.97. The van der Waals surface area contributed by atoms with Crippen molar-refractivity contribution in [3.8, 4) is 11.1 Å². The monoisotopic (exact) mass is 499 g/mol. The van der Waals surface area contributed by atoms with Gasteiger partial charge in [0, 0.05) is 30.6 Å². The van der Waals surface area contributed by atoms with E-state index in [0.717, 1.165) is 16.7 Å². The summed E-state index contributed by atoms with van der Waals surface area (Å²) < 4.78 is 6.33. The molecule has 0 unspecified atom stereocenters. The smallest absolute Gasteiger partial charge is 0.335 e. The van der Waals surface area contributed by atoms with E-state index in [-0.39, 0.29) is 30.2 Å². The summed E-state index contributed by atoms with van der Waals surface area (Å²) >= 11 is 6.09. The minimum Gasteiger partial charge on any atom is -0.464 e. The Balaban J connectivity index is 1.75. The second kappa shape index (κ2) is 11.9. The molecular formula is C26H30ClN3O5. The van der Waals surface area contributed by atoms with Crippen LogP contribution in [-0.2, 0) is 23.0 Å². The van der Waals surface area contributed by atoms with Crippen molar-refractivity contribution in [3.05, 3.63) is 81.2 Å². The SMILES string of the molecule is CC(C)COC(=O)[C@H](O)C[C@@H](Cc1ccc(-c2cccc(Cl)c2)cc1)NC(=O)c1cc(=O)n(C)[nH]1. The van der Waals surface area contributed by atoms with E-state index >= 15 is 0 Å². The lowest BCUT2D eigenvalue weighted by Gasteiger charge is -2.21. The number of hydrogen-bond donors (Lipinski definition) is 3. The molecule has 3 aromatic rings.